The topological polar surface area (TPSA) is 85.4 Å². The maximum atomic E-state index is 13.3. The minimum absolute atomic E-state index is 0.0720. The summed E-state index contributed by atoms with van der Waals surface area (Å²) in [4.78, 5) is 22.8. The lowest BCUT2D eigenvalue weighted by Crippen LogP contribution is -2.54. The third kappa shape index (κ3) is 4.71. The van der Waals surface area contributed by atoms with Gasteiger partial charge >= 0.3 is 0 Å². The van der Waals surface area contributed by atoms with Crippen molar-refractivity contribution in [3.05, 3.63) is 67.9 Å². The van der Waals surface area contributed by atoms with Crippen LogP contribution in [0.3, 0.4) is 0 Å². The number of nitrogens with zero attached hydrogens (tertiary/aromatic N) is 5. The van der Waals surface area contributed by atoms with E-state index in [0.717, 1.165) is 49.5 Å². The number of hydrogen-bond donors (Lipinski definition) is 1. The van der Waals surface area contributed by atoms with Gasteiger partial charge in [0.15, 0.2) is 0 Å². The smallest absolute Gasteiger partial charge is 0.270 e. The number of halogens is 2. The molecule has 1 N–H and O–H groups in total. The Balaban J connectivity index is 1.45. The highest BCUT2D eigenvalue weighted by Crippen LogP contribution is 2.35. The first-order chi connectivity index (χ1) is 17.4. The molecule has 0 aliphatic carbocycles. The zero-order valence-corrected chi connectivity index (χ0v) is 21.7. The maximum absolute atomic E-state index is 13.3. The van der Waals surface area contributed by atoms with Gasteiger partial charge in [0.05, 0.1) is 12.6 Å². The van der Waals surface area contributed by atoms with Crippen LogP contribution in [0.1, 0.15) is 36.9 Å². The summed E-state index contributed by atoms with van der Waals surface area (Å²) in [6.45, 7) is 6.80. The molecule has 1 aromatic carbocycles. The quantitative estimate of drug-likeness (QED) is 0.515. The lowest BCUT2D eigenvalue weighted by molar-refractivity contribution is 0.102. The van der Waals surface area contributed by atoms with Crippen LogP contribution in [-0.2, 0) is 0 Å². The predicted molar refractivity (Wildman–Crippen MR) is 143 cm³/mol. The van der Waals surface area contributed by atoms with Gasteiger partial charge in [-0.15, -0.1) is 0 Å². The zero-order valence-electron chi connectivity index (χ0n) is 20.2. The second-order valence-corrected chi connectivity index (χ2v) is 10.7. The molecule has 36 heavy (non-hydrogen) atoms. The van der Waals surface area contributed by atoms with Crippen molar-refractivity contribution in [2.45, 2.75) is 25.8 Å². The molecular weight excluding hydrogens is 497 g/mol. The molecule has 2 aromatic heterocycles. The number of hydrogen-bond acceptors (Lipinski definition) is 6. The molecule has 0 saturated carbocycles. The van der Waals surface area contributed by atoms with Crippen molar-refractivity contribution in [1.29, 1.82) is 5.26 Å². The lowest BCUT2D eigenvalue weighted by atomic mass is 9.80. The van der Waals surface area contributed by atoms with Gasteiger partial charge in [0, 0.05) is 41.6 Å². The van der Waals surface area contributed by atoms with E-state index in [0.29, 0.717) is 27.5 Å². The Morgan fingerprint density at radius 3 is 2.69 bits per heavy atom. The number of nitriles is 1. The molecule has 4 heterocycles. The third-order valence-electron chi connectivity index (χ3n) is 7.65. The van der Waals surface area contributed by atoms with E-state index >= 15 is 0 Å². The first-order valence-electron chi connectivity index (χ1n) is 12.4. The Bertz CT molecular complexity index is 1380. The Kier molecular flexibility index (Phi) is 7.23. The average molecular weight is 526 g/mol. The number of aliphatic hydroxyl groups excluding tert-OH is 1. The van der Waals surface area contributed by atoms with Gasteiger partial charge in [-0.25, -0.2) is 4.98 Å². The number of anilines is 1. The van der Waals surface area contributed by atoms with Gasteiger partial charge in [0.1, 0.15) is 23.1 Å². The van der Waals surface area contributed by atoms with E-state index in [1.165, 1.54) is 12.8 Å². The Labute approximate surface area is 220 Å². The summed E-state index contributed by atoms with van der Waals surface area (Å²) in [5.74, 6) is 2.05. The van der Waals surface area contributed by atoms with Crippen LogP contribution in [0.2, 0.25) is 10.0 Å². The van der Waals surface area contributed by atoms with E-state index in [9.17, 15) is 15.2 Å². The van der Waals surface area contributed by atoms with Crippen molar-refractivity contribution in [3.8, 4) is 6.07 Å². The predicted octanol–water partition coefficient (Wildman–Crippen LogP) is 4.32. The molecule has 2 saturated heterocycles. The highest BCUT2D eigenvalue weighted by molar-refractivity contribution is 6.35. The van der Waals surface area contributed by atoms with Crippen molar-refractivity contribution >= 4 is 40.1 Å². The van der Waals surface area contributed by atoms with Gasteiger partial charge in [0.2, 0.25) is 0 Å². The Hall–Kier alpha value is -2.63. The van der Waals surface area contributed by atoms with Gasteiger partial charge in [-0.3, -0.25) is 9.36 Å². The molecule has 0 unspecified atom stereocenters. The standard InChI is InChI=1S/C27H29Cl2N5O2/c1-17(23-6-5-22(28)12-24(23)29)34-26-18(11-20(13-30)27(34)36)4-7-25(31-26)33-15-21(16-33)19-3-2-8-32(14-19)9-10-35/h4-7,11-12,17,19,21,35H,2-3,8-10,14-16H2,1H3/t17-,19+/m1/s1. The minimum Gasteiger partial charge on any atom is -0.395 e. The molecule has 7 nitrogen and oxygen atoms in total. The third-order valence-corrected chi connectivity index (χ3v) is 8.21. The van der Waals surface area contributed by atoms with Crippen LogP contribution in [0.15, 0.2) is 41.2 Å². The molecule has 2 aliphatic heterocycles. The molecule has 9 heteroatoms. The van der Waals surface area contributed by atoms with Gasteiger partial charge in [0.25, 0.3) is 5.56 Å². The van der Waals surface area contributed by atoms with Crippen molar-refractivity contribution in [2.75, 3.05) is 44.2 Å². The number of aliphatic hydroxyl groups is 1. The number of likely N-dealkylation sites (tertiary alicyclic amines) is 1. The highest BCUT2D eigenvalue weighted by atomic mass is 35.5. The van der Waals surface area contributed by atoms with Gasteiger partial charge in [-0.1, -0.05) is 29.3 Å². The molecule has 0 bridgehead atoms. The number of benzene rings is 1. The van der Waals surface area contributed by atoms with Crippen LogP contribution < -0.4 is 10.5 Å². The summed E-state index contributed by atoms with van der Waals surface area (Å²) < 4.78 is 1.57. The normalized spacial score (nSPS) is 19.8. The highest BCUT2D eigenvalue weighted by Gasteiger charge is 2.36. The van der Waals surface area contributed by atoms with Gasteiger partial charge in [-0.05, 0) is 74.0 Å². The summed E-state index contributed by atoms with van der Waals surface area (Å²) in [5.41, 5.74) is 0.953. The summed E-state index contributed by atoms with van der Waals surface area (Å²) in [5, 5.41) is 20.6. The fourth-order valence-electron chi connectivity index (χ4n) is 5.61. The minimum atomic E-state index is -0.440. The van der Waals surface area contributed by atoms with Crippen LogP contribution in [-0.4, -0.2) is 58.9 Å². The van der Waals surface area contributed by atoms with Crippen LogP contribution in [0, 0.1) is 23.2 Å². The number of β-amino-alcohol motifs (C(OH)–C–C–N with tert-alkyl or cyclic N) is 1. The van der Waals surface area contributed by atoms with Gasteiger partial charge < -0.3 is 14.9 Å². The van der Waals surface area contributed by atoms with Crippen LogP contribution in [0.25, 0.3) is 11.0 Å². The summed E-state index contributed by atoms with van der Waals surface area (Å²) in [6, 6.07) is 12.3. The van der Waals surface area contributed by atoms with Crippen LogP contribution in [0.5, 0.6) is 0 Å². The Morgan fingerprint density at radius 1 is 1.17 bits per heavy atom. The first kappa shape index (κ1) is 25.0. The van der Waals surface area contributed by atoms with Crippen LogP contribution in [0.4, 0.5) is 5.82 Å². The number of aromatic nitrogens is 2. The van der Waals surface area contributed by atoms with Crippen molar-refractivity contribution in [3.63, 3.8) is 0 Å². The fourth-order valence-corrected chi connectivity index (χ4v) is 6.18. The molecule has 0 spiro atoms. The van der Waals surface area contributed by atoms with E-state index < -0.39 is 6.04 Å². The van der Waals surface area contributed by atoms with Crippen molar-refractivity contribution < 1.29 is 5.11 Å². The Morgan fingerprint density at radius 2 is 1.97 bits per heavy atom. The fraction of sp³-hybridized carbons (Fsp3) is 0.444. The van der Waals surface area contributed by atoms with E-state index in [2.05, 4.69) is 9.80 Å². The molecule has 2 aliphatic rings. The van der Waals surface area contributed by atoms with Crippen molar-refractivity contribution in [2.24, 2.45) is 11.8 Å². The van der Waals surface area contributed by atoms with E-state index in [4.69, 9.17) is 28.2 Å². The number of pyridine rings is 2. The SMILES string of the molecule is C[C@H](c1ccc(Cl)cc1Cl)n1c(=O)c(C#N)cc2ccc(N3CC([C@H]4CCCN(CCO)C4)C3)nc21. The van der Waals surface area contributed by atoms with E-state index in [-0.39, 0.29) is 17.7 Å². The van der Waals surface area contributed by atoms with E-state index in [1.54, 1.807) is 28.8 Å². The largest absolute Gasteiger partial charge is 0.395 e. The van der Waals surface area contributed by atoms with Crippen molar-refractivity contribution in [1.82, 2.24) is 14.5 Å². The second-order valence-electron chi connectivity index (χ2n) is 9.86. The zero-order chi connectivity index (χ0) is 25.4. The number of piperidine rings is 1. The molecular formula is C27H29Cl2N5O2. The average Bonchev–Trinajstić information content (AvgIpc) is 2.83. The maximum Gasteiger partial charge on any atom is 0.270 e. The summed E-state index contributed by atoms with van der Waals surface area (Å²) in [6.07, 6.45) is 2.40. The number of fused-ring (bicyclic) bond motifs is 1. The monoisotopic (exact) mass is 525 g/mol. The molecule has 188 valence electrons. The molecule has 2 atom stereocenters. The molecule has 0 amide bonds. The lowest BCUT2D eigenvalue weighted by Gasteiger charge is -2.47. The van der Waals surface area contributed by atoms with Gasteiger partial charge in [-0.2, -0.15) is 5.26 Å². The molecule has 5 rings (SSSR count). The van der Waals surface area contributed by atoms with Crippen LogP contribution >= 0.6 is 23.2 Å². The number of rotatable bonds is 6. The molecule has 3 aromatic rings. The second kappa shape index (κ2) is 10.4. The first-order valence-corrected chi connectivity index (χ1v) is 13.1. The van der Waals surface area contributed by atoms with E-state index in [1.807, 2.05) is 25.1 Å². The molecule has 0 radical (unpaired) electrons. The summed E-state index contributed by atoms with van der Waals surface area (Å²) in [7, 11) is 0. The molecule has 2 fully saturated rings. The summed E-state index contributed by atoms with van der Waals surface area (Å²) >= 11 is 12.6.